The van der Waals surface area contributed by atoms with E-state index in [0.29, 0.717) is 12.0 Å². The second-order valence-corrected chi connectivity index (χ2v) is 4.18. The molecule has 0 bridgehead atoms. The van der Waals surface area contributed by atoms with Crippen molar-refractivity contribution >= 4 is 5.97 Å². The fourth-order valence-electron chi connectivity index (χ4n) is 1.91. The van der Waals surface area contributed by atoms with Crippen molar-refractivity contribution in [2.75, 3.05) is 13.7 Å². The lowest BCUT2D eigenvalue weighted by Crippen LogP contribution is -2.29. The molecule has 2 rings (SSSR count). The molecule has 0 heterocycles. The molecule has 0 aromatic heterocycles. The van der Waals surface area contributed by atoms with Crippen LogP contribution in [0.1, 0.15) is 24.4 Å². The minimum atomic E-state index is -0.207. The van der Waals surface area contributed by atoms with Gasteiger partial charge in [-0.15, -0.1) is 0 Å². The molecule has 1 aliphatic carbocycles. The SMILES string of the molecule is COC(=O)CNC(c1ccccc1)C1CC1. The molecular formula is C13H17NO2. The first-order chi connectivity index (χ1) is 7.81. The van der Waals surface area contributed by atoms with Crippen LogP contribution in [0.3, 0.4) is 0 Å². The van der Waals surface area contributed by atoms with Crippen molar-refractivity contribution < 1.29 is 9.53 Å². The first-order valence-corrected chi connectivity index (χ1v) is 5.66. The third-order valence-electron chi connectivity index (χ3n) is 2.95. The van der Waals surface area contributed by atoms with Gasteiger partial charge in [0.05, 0.1) is 13.7 Å². The van der Waals surface area contributed by atoms with Crippen LogP contribution in [0.2, 0.25) is 0 Å². The lowest BCUT2D eigenvalue weighted by molar-refractivity contribution is -0.139. The minimum absolute atomic E-state index is 0.207. The lowest BCUT2D eigenvalue weighted by atomic mass is 10.0. The van der Waals surface area contributed by atoms with Gasteiger partial charge < -0.3 is 4.74 Å². The third kappa shape index (κ3) is 2.83. The van der Waals surface area contributed by atoms with Gasteiger partial charge in [-0.25, -0.2) is 0 Å². The number of carbonyl (C=O) groups excluding carboxylic acids is 1. The maximum Gasteiger partial charge on any atom is 0.319 e. The monoisotopic (exact) mass is 219 g/mol. The zero-order chi connectivity index (χ0) is 11.4. The molecule has 16 heavy (non-hydrogen) atoms. The molecule has 0 aliphatic heterocycles. The number of hydrogen-bond donors (Lipinski definition) is 1. The molecular weight excluding hydrogens is 202 g/mol. The predicted molar refractivity (Wildman–Crippen MR) is 61.9 cm³/mol. The Labute approximate surface area is 95.8 Å². The highest BCUT2D eigenvalue weighted by Crippen LogP contribution is 2.40. The second-order valence-electron chi connectivity index (χ2n) is 4.18. The van der Waals surface area contributed by atoms with Crippen LogP contribution >= 0.6 is 0 Å². The summed E-state index contributed by atoms with van der Waals surface area (Å²) < 4.78 is 4.64. The van der Waals surface area contributed by atoms with Crippen molar-refractivity contribution in [3.63, 3.8) is 0 Å². The topological polar surface area (TPSA) is 38.3 Å². The van der Waals surface area contributed by atoms with Gasteiger partial charge in [0, 0.05) is 6.04 Å². The van der Waals surface area contributed by atoms with Crippen LogP contribution < -0.4 is 5.32 Å². The summed E-state index contributed by atoms with van der Waals surface area (Å²) in [5.41, 5.74) is 1.26. The maximum atomic E-state index is 11.1. The third-order valence-corrected chi connectivity index (χ3v) is 2.95. The molecule has 1 aliphatic rings. The summed E-state index contributed by atoms with van der Waals surface area (Å²) in [6.45, 7) is 0.284. The summed E-state index contributed by atoms with van der Waals surface area (Å²) in [7, 11) is 1.42. The summed E-state index contributed by atoms with van der Waals surface area (Å²) >= 11 is 0. The van der Waals surface area contributed by atoms with Crippen molar-refractivity contribution in [3.8, 4) is 0 Å². The number of carbonyl (C=O) groups is 1. The highest BCUT2D eigenvalue weighted by Gasteiger charge is 2.32. The number of benzene rings is 1. The molecule has 1 aromatic carbocycles. The van der Waals surface area contributed by atoms with Gasteiger partial charge in [-0.3, -0.25) is 10.1 Å². The molecule has 1 fully saturated rings. The Bertz CT molecular complexity index is 346. The summed E-state index contributed by atoms with van der Waals surface area (Å²) in [6, 6.07) is 10.6. The van der Waals surface area contributed by atoms with Crippen LogP contribution in [0.15, 0.2) is 30.3 Å². The van der Waals surface area contributed by atoms with E-state index in [0.717, 1.165) is 0 Å². The molecule has 1 aromatic rings. The van der Waals surface area contributed by atoms with E-state index in [1.165, 1.54) is 25.5 Å². The summed E-state index contributed by atoms with van der Waals surface area (Å²) in [5, 5.41) is 3.27. The van der Waals surface area contributed by atoms with Gasteiger partial charge in [-0.1, -0.05) is 30.3 Å². The molecule has 3 nitrogen and oxygen atoms in total. The van der Waals surface area contributed by atoms with Gasteiger partial charge >= 0.3 is 5.97 Å². The number of ether oxygens (including phenoxy) is 1. The largest absolute Gasteiger partial charge is 0.468 e. The molecule has 0 saturated heterocycles. The Kier molecular flexibility index (Phi) is 3.57. The number of methoxy groups -OCH3 is 1. The van der Waals surface area contributed by atoms with Crippen LogP contribution in [-0.4, -0.2) is 19.6 Å². The van der Waals surface area contributed by atoms with E-state index >= 15 is 0 Å². The Morgan fingerprint density at radius 3 is 2.69 bits per heavy atom. The zero-order valence-electron chi connectivity index (χ0n) is 9.48. The molecule has 86 valence electrons. The number of nitrogens with one attached hydrogen (secondary N) is 1. The van der Waals surface area contributed by atoms with Crippen LogP contribution in [0, 0.1) is 5.92 Å². The lowest BCUT2D eigenvalue weighted by Gasteiger charge is -2.17. The van der Waals surface area contributed by atoms with Crippen molar-refractivity contribution in [1.82, 2.24) is 5.32 Å². The van der Waals surface area contributed by atoms with Crippen LogP contribution in [0.25, 0.3) is 0 Å². The van der Waals surface area contributed by atoms with E-state index in [2.05, 4.69) is 22.2 Å². The van der Waals surface area contributed by atoms with Gasteiger partial charge in [0.25, 0.3) is 0 Å². The maximum absolute atomic E-state index is 11.1. The van der Waals surface area contributed by atoms with Crippen molar-refractivity contribution in [1.29, 1.82) is 0 Å². The summed E-state index contributed by atoms with van der Waals surface area (Å²) in [6.07, 6.45) is 2.49. The molecule has 1 unspecified atom stereocenters. The quantitative estimate of drug-likeness (QED) is 0.769. The Morgan fingerprint density at radius 2 is 2.12 bits per heavy atom. The molecule has 1 saturated carbocycles. The van der Waals surface area contributed by atoms with Crippen LogP contribution in [0.4, 0.5) is 0 Å². The molecule has 0 amide bonds. The molecule has 0 radical (unpaired) electrons. The van der Waals surface area contributed by atoms with Crippen LogP contribution in [-0.2, 0) is 9.53 Å². The molecule has 1 N–H and O–H groups in total. The van der Waals surface area contributed by atoms with E-state index in [9.17, 15) is 4.79 Å². The van der Waals surface area contributed by atoms with E-state index in [1.807, 2.05) is 18.2 Å². The zero-order valence-corrected chi connectivity index (χ0v) is 9.48. The minimum Gasteiger partial charge on any atom is -0.468 e. The predicted octanol–water partition coefficient (Wildman–Crippen LogP) is 1.90. The average Bonchev–Trinajstić information content (AvgIpc) is 3.15. The van der Waals surface area contributed by atoms with E-state index in [-0.39, 0.29) is 12.5 Å². The van der Waals surface area contributed by atoms with Crippen molar-refractivity contribution in [2.24, 2.45) is 5.92 Å². The number of rotatable bonds is 5. The number of hydrogen-bond acceptors (Lipinski definition) is 3. The van der Waals surface area contributed by atoms with Crippen LogP contribution in [0.5, 0.6) is 0 Å². The number of esters is 1. The average molecular weight is 219 g/mol. The van der Waals surface area contributed by atoms with E-state index in [4.69, 9.17) is 0 Å². The molecule has 1 atom stereocenters. The first-order valence-electron chi connectivity index (χ1n) is 5.66. The summed E-state index contributed by atoms with van der Waals surface area (Å²) in [4.78, 5) is 11.1. The summed E-state index contributed by atoms with van der Waals surface area (Å²) in [5.74, 6) is 0.466. The first kappa shape index (κ1) is 11.1. The van der Waals surface area contributed by atoms with Gasteiger partial charge in [0.15, 0.2) is 0 Å². The fraction of sp³-hybridized carbons (Fsp3) is 0.462. The second kappa shape index (κ2) is 5.12. The van der Waals surface area contributed by atoms with Crippen molar-refractivity contribution in [2.45, 2.75) is 18.9 Å². The Hall–Kier alpha value is -1.35. The Morgan fingerprint density at radius 1 is 1.44 bits per heavy atom. The van der Waals surface area contributed by atoms with Gasteiger partial charge in [0.2, 0.25) is 0 Å². The highest BCUT2D eigenvalue weighted by molar-refractivity contribution is 5.71. The standard InChI is InChI=1S/C13H17NO2/c1-16-12(15)9-14-13(11-7-8-11)10-5-3-2-4-6-10/h2-6,11,13-14H,7-9H2,1H3. The van der Waals surface area contributed by atoms with E-state index in [1.54, 1.807) is 0 Å². The fourth-order valence-corrected chi connectivity index (χ4v) is 1.91. The van der Waals surface area contributed by atoms with Gasteiger partial charge in [-0.05, 0) is 24.3 Å². The molecule has 0 spiro atoms. The molecule has 3 heteroatoms. The Balaban J connectivity index is 1.98. The van der Waals surface area contributed by atoms with Gasteiger partial charge in [0.1, 0.15) is 0 Å². The highest BCUT2D eigenvalue weighted by atomic mass is 16.5. The smallest absolute Gasteiger partial charge is 0.319 e. The van der Waals surface area contributed by atoms with Crippen molar-refractivity contribution in [3.05, 3.63) is 35.9 Å². The van der Waals surface area contributed by atoms with Gasteiger partial charge in [-0.2, -0.15) is 0 Å². The normalized spacial score (nSPS) is 16.8. The van der Waals surface area contributed by atoms with E-state index < -0.39 is 0 Å².